The Hall–Kier alpha value is -1.44. The van der Waals surface area contributed by atoms with E-state index in [9.17, 15) is 18.3 Å². The first-order valence-electron chi connectivity index (χ1n) is 5.17. The van der Waals surface area contributed by atoms with Crippen molar-refractivity contribution >= 4 is 15.9 Å². The van der Waals surface area contributed by atoms with E-state index >= 15 is 0 Å². The second-order valence-electron chi connectivity index (χ2n) is 3.97. The first-order valence-corrected chi connectivity index (χ1v) is 6.67. The average molecular weight is 262 g/mol. The van der Waals surface area contributed by atoms with Crippen molar-refractivity contribution in [3.63, 3.8) is 0 Å². The maximum absolute atomic E-state index is 12.1. The molecule has 96 valence electrons. The molecule has 0 aromatic rings. The topological polar surface area (TPSA) is 87.1 Å². The molecule has 1 N–H and O–H groups in total. The Morgan fingerprint density at radius 2 is 2.18 bits per heavy atom. The fourth-order valence-electron chi connectivity index (χ4n) is 2.18. The number of amides is 1. The molecule has 0 aromatic heterocycles. The van der Waals surface area contributed by atoms with Gasteiger partial charge in [-0.3, -0.25) is 9.10 Å². The molecule has 8 heteroatoms. The highest BCUT2D eigenvalue weighted by Gasteiger charge is 2.49. The molecule has 0 bridgehead atoms. The molecular formula is C9H14N2O5S. The molecule has 0 aliphatic carbocycles. The van der Waals surface area contributed by atoms with Crippen LogP contribution in [0.2, 0.25) is 0 Å². The van der Waals surface area contributed by atoms with Gasteiger partial charge in [0.05, 0.1) is 7.11 Å². The summed E-state index contributed by atoms with van der Waals surface area (Å²) in [6.45, 7) is 0.386. The molecule has 2 rings (SSSR count). The highest BCUT2D eigenvalue weighted by atomic mass is 32.2. The minimum absolute atomic E-state index is 0.328. The van der Waals surface area contributed by atoms with E-state index < -0.39 is 27.2 Å². The molecule has 17 heavy (non-hydrogen) atoms. The van der Waals surface area contributed by atoms with Gasteiger partial charge in [0.25, 0.3) is 15.9 Å². The fourth-order valence-corrected chi connectivity index (χ4v) is 3.94. The van der Waals surface area contributed by atoms with Crippen LogP contribution in [-0.2, 0) is 19.6 Å². The van der Waals surface area contributed by atoms with Gasteiger partial charge in [0.15, 0.2) is 11.1 Å². The lowest BCUT2D eigenvalue weighted by Gasteiger charge is -2.36. The van der Waals surface area contributed by atoms with Gasteiger partial charge in [-0.05, 0) is 12.8 Å². The number of methoxy groups -OCH3 is 1. The van der Waals surface area contributed by atoms with Crippen LogP contribution in [0.3, 0.4) is 0 Å². The Kier molecular flexibility index (Phi) is 2.69. The highest BCUT2D eigenvalue weighted by Crippen LogP contribution is 2.33. The van der Waals surface area contributed by atoms with Crippen molar-refractivity contribution in [1.82, 2.24) is 9.21 Å². The summed E-state index contributed by atoms with van der Waals surface area (Å²) >= 11 is 0. The lowest BCUT2D eigenvalue weighted by Crippen LogP contribution is -2.54. The number of rotatable bonds is 1. The summed E-state index contributed by atoms with van der Waals surface area (Å²) in [5, 5.41) is 8.67. The Morgan fingerprint density at radius 3 is 2.76 bits per heavy atom. The van der Waals surface area contributed by atoms with Crippen LogP contribution in [0.15, 0.2) is 11.6 Å². The van der Waals surface area contributed by atoms with Crippen LogP contribution < -0.4 is 0 Å². The number of aliphatic hydroxyl groups is 1. The summed E-state index contributed by atoms with van der Waals surface area (Å²) in [5.41, 5.74) is -0.328. The van der Waals surface area contributed by atoms with Crippen molar-refractivity contribution in [2.75, 3.05) is 20.7 Å². The Morgan fingerprint density at radius 1 is 1.53 bits per heavy atom. The van der Waals surface area contributed by atoms with Crippen molar-refractivity contribution in [2.45, 2.75) is 18.2 Å². The van der Waals surface area contributed by atoms with Crippen molar-refractivity contribution in [3.05, 3.63) is 11.6 Å². The van der Waals surface area contributed by atoms with Gasteiger partial charge in [-0.2, -0.15) is 0 Å². The smallest absolute Gasteiger partial charge is 0.307 e. The molecule has 1 atom stereocenters. The van der Waals surface area contributed by atoms with E-state index in [0.29, 0.717) is 19.4 Å². The molecule has 2 aliphatic rings. The summed E-state index contributed by atoms with van der Waals surface area (Å²) < 4.78 is 29.6. The van der Waals surface area contributed by atoms with Gasteiger partial charge in [0, 0.05) is 13.6 Å². The van der Waals surface area contributed by atoms with Crippen molar-refractivity contribution in [2.24, 2.45) is 0 Å². The third-order valence-corrected chi connectivity index (χ3v) is 5.22. The maximum atomic E-state index is 12.1. The lowest BCUT2D eigenvalue weighted by molar-refractivity contribution is -0.129. The molecular weight excluding hydrogens is 248 g/mol. The van der Waals surface area contributed by atoms with Crippen LogP contribution in [0, 0.1) is 0 Å². The third kappa shape index (κ3) is 1.54. The normalized spacial score (nSPS) is 30.2. The summed E-state index contributed by atoms with van der Waals surface area (Å²) in [7, 11) is -1.22. The summed E-state index contributed by atoms with van der Waals surface area (Å²) in [6.07, 6.45) is 1.07. The number of sulfonamides is 1. The predicted molar refractivity (Wildman–Crippen MR) is 58.1 cm³/mol. The zero-order chi connectivity index (χ0) is 12.8. The summed E-state index contributed by atoms with van der Waals surface area (Å²) in [5.74, 6) is -1.18. The first kappa shape index (κ1) is 12.0. The first-order chi connectivity index (χ1) is 7.91. The summed E-state index contributed by atoms with van der Waals surface area (Å²) in [6, 6.07) is 0. The fraction of sp³-hybridized carbons (Fsp3) is 0.667. The SMILES string of the molecule is COC(O)=C1C(=O)N2CCCC2S(=O)(=O)N1C. The lowest BCUT2D eigenvalue weighted by atomic mass is 10.4. The molecule has 1 amide bonds. The summed E-state index contributed by atoms with van der Waals surface area (Å²) in [4.78, 5) is 13.3. The van der Waals surface area contributed by atoms with Crippen molar-refractivity contribution < 1.29 is 23.1 Å². The molecule has 1 unspecified atom stereocenters. The Bertz CT molecular complexity index is 484. The predicted octanol–water partition coefficient (Wildman–Crippen LogP) is -0.416. The van der Waals surface area contributed by atoms with E-state index in [1.54, 1.807) is 0 Å². The zero-order valence-corrected chi connectivity index (χ0v) is 10.4. The van der Waals surface area contributed by atoms with E-state index in [-0.39, 0.29) is 5.70 Å². The second kappa shape index (κ2) is 3.80. The van der Waals surface area contributed by atoms with Gasteiger partial charge in [-0.15, -0.1) is 0 Å². The van der Waals surface area contributed by atoms with Crippen LogP contribution in [0.5, 0.6) is 0 Å². The van der Waals surface area contributed by atoms with E-state index in [0.717, 1.165) is 4.31 Å². The monoisotopic (exact) mass is 262 g/mol. The number of hydrogen-bond donors (Lipinski definition) is 1. The number of nitrogens with zero attached hydrogens (tertiary/aromatic N) is 2. The Labute approximate surface area is 99.3 Å². The van der Waals surface area contributed by atoms with Gasteiger partial charge in [0.2, 0.25) is 0 Å². The van der Waals surface area contributed by atoms with Crippen LogP contribution >= 0.6 is 0 Å². The Balaban J connectivity index is 2.55. The zero-order valence-electron chi connectivity index (χ0n) is 9.58. The minimum atomic E-state index is -3.64. The molecule has 0 saturated carbocycles. The highest BCUT2D eigenvalue weighted by molar-refractivity contribution is 7.90. The molecule has 2 saturated heterocycles. The minimum Gasteiger partial charge on any atom is -0.479 e. The van der Waals surface area contributed by atoms with Crippen LogP contribution in [-0.4, -0.2) is 54.7 Å². The van der Waals surface area contributed by atoms with Gasteiger partial charge in [-0.25, -0.2) is 8.42 Å². The van der Waals surface area contributed by atoms with Gasteiger partial charge < -0.3 is 14.7 Å². The number of likely N-dealkylation sites (N-methyl/N-ethyl adjacent to an activating group) is 1. The number of ether oxygens (including phenoxy) is 1. The quantitative estimate of drug-likeness (QED) is 0.512. The third-order valence-electron chi connectivity index (χ3n) is 3.10. The van der Waals surface area contributed by atoms with Crippen LogP contribution in [0.4, 0.5) is 0 Å². The van der Waals surface area contributed by atoms with E-state index in [1.807, 2.05) is 0 Å². The molecule has 0 radical (unpaired) electrons. The molecule has 2 fully saturated rings. The van der Waals surface area contributed by atoms with Crippen LogP contribution in [0.1, 0.15) is 12.8 Å². The average Bonchev–Trinajstić information content (AvgIpc) is 2.76. The van der Waals surface area contributed by atoms with Gasteiger partial charge >= 0.3 is 5.95 Å². The number of aliphatic hydroxyl groups excluding tert-OH is 1. The molecule has 7 nitrogen and oxygen atoms in total. The molecule has 0 aromatic carbocycles. The molecule has 2 heterocycles. The number of carbonyl (C=O) groups is 1. The van der Waals surface area contributed by atoms with E-state index in [2.05, 4.69) is 4.74 Å². The standard InChI is InChI=1S/C9H14N2O5S/c1-10-7(9(13)16-2)8(12)11-5-3-4-6(11)17(10,14)15/h6,13H,3-5H2,1-2H3. The number of fused-ring (bicyclic) bond motifs is 1. The number of hydrogen-bond acceptors (Lipinski definition) is 5. The van der Waals surface area contributed by atoms with E-state index in [1.165, 1.54) is 19.1 Å². The maximum Gasteiger partial charge on any atom is 0.307 e. The van der Waals surface area contributed by atoms with Crippen LogP contribution in [0.25, 0.3) is 0 Å². The largest absolute Gasteiger partial charge is 0.479 e. The van der Waals surface area contributed by atoms with Gasteiger partial charge in [0.1, 0.15) is 0 Å². The van der Waals surface area contributed by atoms with Crippen molar-refractivity contribution in [3.8, 4) is 0 Å². The number of carbonyl (C=O) groups excluding carboxylic acids is 1. The molecule has 2 aliphatic heterocycles. The second-order valence-corrected chi connectivity index (χ2v) is 6.09. The van der Waals surface area contributed by atoms with E-state index in [4.69, 9.17) is 0 Å². The molecule has 0 spiro atoms. The van der Waals surface area contributed by atoms with Crippen molar-refractivity contribution in [1.29, 1.82) is 0 Å². The van der Waals surface area contributed by atoms with Gasteiger partial charge in [-0.1, -0.05) is 0 Å².